The van der Waals surface area contributed by atoms with E-state index in [9.17, 15) is 13.2 Å². The second kappa shape index (κ2) is 7.49. The van der Waals surface area contributed by atoms with Crippen molar-refractivity contribution in [3.63, 3.8) is 0 Å². The highest BCUT2D eigenvalue weighted by molar-refractivity contribution is 7.89. The summed E-state index contributed by atoms with van der Waals surface area (Å²) < 4.78 is 32.4. The summed E-state index contributed by atoms with van der Waals surface area (Å²) in [6, 6.07) is 4.96. The Balaban J connectivity index is 0.00000225. The predicted molar refractivity (Wildman–Crippen MR) is 96.7 cm³/mol. The normalized spacial score (nSPS) is 25.5. The number of sulfonamides is 1. The molecule has 9 heteroatoms. The number of benzene rings is 1. The predicted octanol–water partition coefficient (Wildman–Crippen LogP) is 1.12. The molecule has 0 spiro atoms. The Kier molecular flexibility index (Phi) is 5.98. The van der Waals surface area contributed by atoms with Crippen molar-refractivity contribution in [2.24, 2.45) is 5.73 Å². The van der Waals surface area contributed by atoms with Crippen LogP contribution in [0, 0.1) is 0 Å². The Morgan fingerprint density at radius 1 is 1.28 bits per heavy atom. The number of nitrogens with zero attached hydrogens (tertiary/aromatic N) is 1. The van der Waals surface area contributed by atoms with Crippen LogP contribution in [0.4, 0.5) is 0 Å². The van der Waals surface area contributed by atoms with Crippen molar-refractivity contribution in [3.05, 3.63) is 23.8 Å². The largest absolute Gasteiger partial charge is 0.496 e. The van der Waals surface area contributed by atoms with Gasteiger partial charge >= 0.3 is 0 Å². The van der Waals surface area contributed by atoms with E-state index < -0.39 is 15.9 Å². The summed E-state index contributed by atoms with van der Waals surface area (Å²) in [5.74, 6) is -0.449. The quantitative estimate of drug-likeness (QED) is 0.785. The maximum Gasteiger partial charge on any atom is 0.252 e. The van der Waals surface area contributed by atoms with Crippen molar-refractivity contribution in [1.82, 2.24) is 9.62 Å². The number of hydrogen-bond donors (Lipinski definition) is 2. The number of hydrogen-bond acceptors (Lipinski definition) is 5. The topological polar surface area (TPSA) is 102 Å². The molecule has 2 fully saturated rings. The number of nitrogens with two attached hydrogens (primary N) is 1. The molecule has 2 aliphatic heterocycles. The molecular weight excluding hydrogens is 366 g/mol. The third-order valence-electron chi connectivity index (χ3n) is 5.08. The number of amides is 1. The second-order valence-electron chi connectivity index (χ2n) is 6.51. The summed E-state index contributed by atoms with van der Waals surface area (Å²) in [6.07, 6.45) is 3.82. The average molecular weight is 390 g/mol. The van der Waals surface area contributed by atoms with E-state index in [-0.39, 0.29) is 34.7 Å². The van der Waals surface area contributed by atoms with Crippen LogP contribution in [0.3, 0.4) is 0 Å². The van der Waals surface area contributed by atoms with Gasteiger partial charge in [-0.25, -0.2) is 8.42 Å². The SMILES string of the molecule is COc1ccc(S(=O)(=O)N(C)C2CC3CCC(C2)N3)cc1C(N)=O.Cl. The Morgan fingerprint density at radius 2 is 1.88 bits per heavy atom. The Hall–Kier alpha value is -1.35. The zero-order chi connectivity index (χ0) is 17.5. The molecule has 3 N–H and O–H groups in total. The molecule has 3 rings (SSSR count). The van der Waals surface area contributed by atoms with Crippen LogP contribution >= 0.6 is 12.4 Å². The summed E-state index contributed by atoms with van der Waals surface area (Å²) in [5, 5.41) is 3.51. The first-order valence-electron chi connectivity index (χ1n) is 8.05. The molecule has 0 aliphatic carbocycles. The van der Waals surface area contributed by atoms with Gasteiger partial charge in [0.05, 0.1) is 17.6 Å². The summed E-state index contributed by atoms with van der Waals surface area (Å²) in [7, 11) is -0.677. The summed E-state index contributed by atoms with van der Waals surface area (Å²) in [4.78, 5) is 11.6. The number of primary amides is 1. The van der Waals surface area contributed by atoms with Crippen LogP contribution in [0.2, 0.25) is 0 Å². The lowest BCUT2D eigenvalue weighted by Gasteiger charge is -2.34. The third kappa shape index (κ3) is 3.76. The second-order valence-corrected chi connectivity index (χ2v) is 8.51. The minimum Gasteiger partial charge on any atom is -0.496 e. The van der Waals surface area contributed by atoms with E-state index in [0.717, 1.165) is 25.7 Å². The molecule has 2 bridgehead atoms. The maximum absolute atomic E-state index is 13.0. The fraction of sp³-hybridized carbons (Fsp3) is 0.562. The van der Waals surface area contributed by atoms with Crippen molar-refractivity contribution in [2.45, 2.75) is 48.7 Å². The van der Waals surface area contributed by atoms with Gasteiger partial charge in [0.1, 0.15) is 5.75 Å². The first-order chi connectivity index (χ1) is 11.3. The number of rotatable bonds is 5. The Morgan fingerprint density at radius 3 is 2.40 bits per heavy atom. The van der Waals surface area contributed by atoms with Gasteiger partial charge in [0.2, 0.25) is 10.0 Å². The lowest BCUT2D eigenvalue weighted by molar-refractivity contribution is 0.0997. The van der Waals surface area contributed by atoms with Crippen molar-refractivity contribution < 1.29 is 17.9 Å². The maximum atomic E-state index is 13.0. The molecule has 1 aromatic rings. The minimum atomic E-state index is -3.70. The van der Waals surface area contributed by atoms with Crippen LogP contribution in [0.25, 0.3) is 0 Å². The van der Waals surface area contributed by atoms with E-state index in [1.54, 1.807) is 7.05 Å². The van der Waals surface area contributed by atoms with E-state index in [4.69, 9.17) is 10.5 Å². The molecule has 2 unspecified atom stereocenters. The number of fused-ring (bicyclic) bond motifs is 2. The molecule has 0 aromatic heterocycles. The summed E-state index contributed by atoms with van der Waals surface area (Å²) >= 11 is 0. The minimum absolute atomic E-state index is 0. The van der Waals surface area contributed by atoms with Gasteiger partial charge in [0.25, 0.3) is 5.91 Å². The third-order valence-corrected chi connectivity index (χ3v) is 6.98. The molecule has 2 heterocycles. The van der Waals surface area contributed by atoms with Crippen molar-refractivity contribution in [2.75, 3.05) is 14.2 Å². The van der Waals surface area contributed by atoms with Crippen LogP contribution in [0.5, 0.6) is 5.75 Å². The van der Waals surface area contributed by atoms with Crippen LogP contribution in [-0.2, 0) is 10.0 Å². The van der Waals surface area contributed by atoms with Gasteiger partial charge in [-0.1, -0.05) is 0 Å². The highest BCUT2D eigenvalue weighted by atomic mass is 35.5. The molecule has 7 nitrogen and oxygen atoms in total. The first-order valence-corrected chi connectivity index (χ1v) is 9.49. The van der Waals surface area contributed by atoms with Crippen molar-refractivity contribution in [1.29, 1.82) is 0 Å². The lowest BCUT2D eigenvalue weighted by Crippen LogP contribution is -2.48. The van der Waals surface area contributed by atoms with Gasteiger partial charge in [-0.15, -0.1) is 12.4 Å². The molecule has 0 saturated carbocycles. The summed E-state index contributed by atoms with van der Waals surface area (Å²) in [6.45, 7) is 0. The van der Waals surface area contributed by atoms with Crippen molar-refractivity contribution in [3.8, 4) is 5.75 Å². The average Bonchev–Trinajstić information content (AvgIpc) is 2.91. The highest BCUT2D eigenvalue weighted by Crippen LogP contribution is 2.32. The molecule has 0 radical (unpaired) electrons. The van der Waals surface area contributed by atoms with Crippen LogP contribution < -0.4 is 15.8 Å². The van der Waals surface area contributed by atoms with E-state index in [1.807, 2.05) is 0 Å². The molecule has 140 valence electrons. The fourth-order valence-electron chi connectivity index (χ4n) is 3.73. The molecule has 1 aromatic carbocycles. The first kappa shape index (κ1) is 20.0. The molecular formula is C16H24ClN3O4S. The molecule has 2 saturated heterocycles. The van der Waals surface area contributed by atoms with Gasteiger partial charge in [0, 0.05) is 25.2 Å². The number of halogens is 1. The number of ether oxygens (including phenoxy) is 1. The van der Waals surface area contributed by atoms with Gasteiger partial charge in [-0.3, -0.25) is 4.79 Å². The Bertz CT molecular complexity index is 744. The smallest absolute Gasteiger partial charge is 0.252 e. The molecule has 2 atom stereocenters. The van der Waals surface area contributed by atoms with Crippen molar-refractivity contribution >= 4 is 28.3 Å². The van der Waals surface area contributed by atoms with Gasteiger partial charge in [0.15, 0.2) is 0 Å². The van der Waals surface area contributed by atoms with E-state index in [2.05, 4.69) is 5.32 Å². The van der Waals surface area contributed by atoms with E-state index in [0.29, 0.717) is 12.1 Å². The van der Waals surface area contributed by atoms with Gasteiger partial charge in [-0.2, -0.15) is 4.31 Å². The van der Waals surface area contributed by atoms with Crippen LogP contribution in [-0.4, -0.2) is 50.9 Å². The number of piperidine rings is 1. The highest BCUT2D eigenvalue weighted by Gasteiger charge is 2.39. The number of methoxy groups -OCH3 is 1. The van der Waals surface area contributed by atoms with E-state index >= 15 is 0 Å². The standard InChI is InChI=1S/C16H23N3O4S.ClH/c1-19(12-7-10-3-4-11(8-12)18-10)24(21,22)13-5-6-15(23-2)14(9-13)16(17)20;/h5-6,9-12,18H,3-4,7-8H2,1-2H3,(H2,17,20);1H. The van der Waals surface area contributed by atoms with Gasteiger partial charge in [-0.05, 0) is 43.9 Å². The fourth-order valence-corrected chi connectivity index (χ4v) is 5.13. The zero-order valence-electron chi connectivity index (χ0n) is 14.3. The number of carbonyl (C=O) groups excluding carboxylic acids is 1. The monoisotopic (exact) mass is 389 g/mol. The Labute approximate surface area is 154 Å². The lowest BCUT2D eigenvalue weighted by atomic mass is 10.0. The van der Waals surface area contributed by atoms with E-state index in [1.165, 1.54) is 29.6 Å². The van der Waals surface area contributed by atoms with Crippen LogP contribution in [0.15, 0.2) is 23.1 Å². The number of nitrogens with one attached hydrogen (secondary N) is 1. The molecule has 2 aliphatic rings. The zero-order valence-corrected chi connectivity index (χ0v) is 15.9. The molecule has 25 heavy (non-hydrogen) atoms. The van der Waals surface area contributed by atoms with Gasteiger partial charge < -0.3 is 15.8 Å². The molecule has 1 amide bonds. The summed E-state index contributed by atoms with van der Waals surface area (Å²) in [5.41, 5.74) is 5.40. The number of carbonyl (C=O) groups is 1. The van der Waals surface area contributed by atoms with Crippen LogP contribution in [0.1, 0.15) is 36.0 Å².